The minimum absolute atomic E-state index is 0.458. The van der Waals surface area contributed by atoms with Crippen molar-refractivity contribution in [3.8, 4) is 0 Å². The molecule has 0 aromatic rings. The lowest BCUT2D eigenvalue weighted by molar-refractivity contribution is 0.211. The van der Waals surface area contributed by atoms with Crippen molar-refractivity contribution in [2.24, 2.45) is 16.3 Å². The third-order valence-corrected chi connectivity index (χ3v) is 5.24. The molecule has 2 atom stereocenters. The Labute approximate surface area is 125 Å². The van der Waals surface area contributed by atoms with Crippen LogP contribution in [-0.2, 0) is 0 Å². The van der Waals surface area contributed by atoms with Crippen LogP contribution in [0.2, 0.25) is 0 Å². The highest BCUT2D eigenvalue weighted by atomic mass is 15.1. The van der Waals surface area contributed by atoms with Crippen LogP contribution in [0.4, 0.5) is 0 Å². The molecule has 2 unspecified atom stereocenters. The fourth-order valence-electron chi connectivity index (χ4n) is 3.61. The van der Waals surface area contributed by atoms with E-state index in [2.05, 4.69) is 50.7 Å². The van der Waals surface area contributed by atoms with Crippen molar-refractivity contribution in [3.63, 3.8) is 0 Å². The first-order valence-corrected chi connectivity index (χ1v) is 8.37. The molecule has 0 aromatic carbocycles. The Morgan fingerprint density at radius 3 is 2.60 bits per heavy atom. The molecule has 0 N–H and O–H groups in total. The van der Waals surface area contributed by atoms with Crippen molar-refractivity contribution >= 4 is 6.21 Å². The van der Waals surface area contributed by atoms with E-state index in [1.807, 2.05) is 0 Å². The topological polar surface area (TPSA) is 15.6 Å². The summed E-state index contributed by atoms with van der Waals surface area (Å²) >= 11 is 0. The highest BCUT2D eigenvalue weighted by Crippen LogP contribution is 2.34. The largest absolute Gasteiger partial charge is 0.299 e. The van der Waals surface area contributed by atoms with Gasteiger partial charge in [0.2, 0.25) is 0 Å². The van der Waals surface area contributed by atoms with Gasteiger partial charge in [-0.05, 0) is 68.2 Å². The normalized spacial score (nSPS) is 29.1. The van der Waals surface area contributed by atoms with Crippen molar-refractivity contribution < 1.29 is 0 Å². The predicted octanol–water partition coefficient (Wildman–Crippen LogP) is 4.31. The molecule has 1 fully saturated rings. The Hall–Kier alpha value is -0.630. The second kappa shape index (κ2) is 6.43. The number of rotatable bonds is 3. The fourth-order valence-corrected chi connectivity index (χ4v) is 3.61. The van der Waals surface area contributed by atoms with Gasteiger partial charge in [-0.2, -0.15) is 0 Å². The molecule has 0 aromatic heterocycles. The van der Waals surface area contributed by atoms with Crippen LogP contribution in [0.5, 0.6) is 0 Å². The van der Waals surface area contributed by atoms with E-state index >= 15 is 0 Å². The van der Waals surface area contributed by atoms with Crippen LogP contribution in [0.1, 0.15) is 60.3 Å². The maximum absolute atomic E-state index is 4.63. The average molecular weight is 276 g/mol. The second-order valence-electron chi connectivity index (χ2n) is 7.68. The zero-order valence-electron chi connectivity index (χ0n) is 14.1. The van der Waals surface area contributed by atoms with Crippen molar-refractivity contribution in [2.75, 3.05) is 19.6 Å². The molecule has 0 spiro atoms. The lowest BCUT2D eigenvalue weighted by Gasteiger charge is -2.29. The van der Waals surface area contributed by atoms with Gasteiger partial charge in [0.15, 0.2) is 0 Å². The molecule has 2 heteroatoms. The molecule has 2 heterocycles. The summed E-state index contributed by atoms with van der Waals surface area (Å²) < 4.78 is 0. The lowest BCUT2D eigenvalue weighted by Crippen LogP contribution is -2.28. The van der Waals surface area contributed by atoms with Gasteiger partial charge >= 0.3 is 0 Å². The third-order valence-electron chi connectivity index (χ3n) is 5.24. The quantitative estimate of drug-likeness (QED) is 0.750. The van der Waals surface area contributed by atoms with Gasteiger partial charge in [0.1, 0.15) is 0 Å². The van der Waals surface area contributed by atoms with Crippen molar-refractivity contribution in [1.82, 2.24) is 4.90 Å². The van der Waals surface area contributed by atoms with E-state index in [4.69, 9.17) is 0 Å². The summed E-state index contributed by atoms with van der Waals surface area (Å²) in [7, 11) is 0. The first-order chi connectivity index (χ1) is 9.41. The molecule has 114 valence electrons. The zero-order chi connectivity index (χ0) is 14.8. The molecule has 0 amide bonds. The van der Waals surface area contributed by atoms with Gasteiger partial charge in [-0.3, -0.25) is 9.89 Å². The first kappa shape index (κ1) is 15.8. The molecular weight excluding hydrogens is 244 g/mol. The standard InChI is InChI=1S/C18H32N2/c1-6-17-14(2)15(12-19-17)13-20-10-7-8-16(9-11-20)18(3,4)5/h12,16-17H,6-11,13H2,1-5H3. The van der Waals surface area contributed by atoms with Crippen LogP contribution < -0.4 is 0 Å². The van der Waals surface area contributed by atoms with E-state index in [1.54, 1.807) is 0 Å². The molecule has 2 aliphatic rings. The summed E-state index contributed by atoms with van der Waals surface area (Å²) in [5.74, 6) is 0.878. The highest BCUT2D eigenvalue weighted by molar-refractivity contribution is 5.83. The van der Waals surface area contributed by atoms with Crippen LogP contribution in [0.25, 0.3) is 0 Å². The van der Waals surface area contributed by atoms with Gasteiger partial charge in [-0.25, -0.2) is 0 Å². The van der Waals surface area contributed by atoms with E-state index in [0.29, 0.717) is 11.5 Å². The van der Waals surface area contributed by atoms with Crippen molar-refractivity contribution in [1.29, 1.82) is 0 Å². The molecule has 0 saturated carbocycles. The van der Waals surface area contributed by atoms with E-state index < -0.39 is 0 Å². The third kappa shape index (κ3) is 3.72. The Balaban J connectivity index is 1.92. The molecule has 2 nitrogen and oxygen atoms in total. The van der Waals surface area contributed by atoms with Crippen LogP contribution in [0, 0.1) is 11.3 Å². The SMILES string of the molecule is CCC1N=CC(CN2CCCC(C(C)(C)C)CC2)=C1C. The molecule has 1 saturated heterocycles. The van der Waals surface area contributed by atoms with Gasteiger partial charge in [-0.1, -0.05) is 27.7 Å². The summed E-state index contributed by atoms with van der Waals surface area (Å²) in [6.45, 7) is 15.3. The van der Waals surface area contributed by atoms with Crippen molar-refractivity contribution in [3.05, 3.63) is 11.1 Å². The molecule has 20 heavy (non-hydrogen) atoms. The monoisotopic (exact) mass is 276 g/mol. The minimum atomic E-state index is 0.458. The summed E-state index contributed by atoms with van der Waals surface area (Å²) in [6.07, 6.45) is 7.37. The van der Waals surface area contributed by atoms with E-state index in [-0.39, 0.29) is 0 Å². The molecule has 2 aliphatic heterocycles. The molecule has 0 aliphatic carbocycles. The molecular formula is C18H32N2. The minimum Gasteiger partial charge on any atom is -0.299 e. The first-order valence-electron chi connectivity index (χ1n) is 8.37. The average Bonchev–Trinajstić information content (AvgIpc) is 2.60. The smallest absolute Gasteiger partial charge is 0.0710 e. The Morgan fingerprint density at radius 2 is 2.00 bits per heavy atom. The summed E-state index contributed by atoms with van der Waals surface area (Å²) in [5, 5.41) is 0. The molecule has 2 rings (SSSR count). The summed E-state index contributed by atoms with van der Waals surface area (Å²) in [4.78, 5) is 7.28. The van der Waals surface area contributed by atoms with Crippen LogP contribution in [0.3, 0.4) is 0 Å². The highest BCUT2D eigenvalue weighted by Gasteiger charge is 2.27. The van der Waals surface area contributed by atoms with Gasteiger partial charge < -0.3 is 0 Å². The number of nitrogens with zero attached hydrogens (tertiary/aromatic N) is 2. The number of likely N-dealkylation sites (tertiary alicyclic amines) is 1. The number of aliphatic imine (C=N–C) groups is 1. The van der Waals surface area contributed by atoms with Gasteiger partial charge in [0.05, 0.1) is 6.04 Å². The Kier molecular flexibility index (Phi) is 5.06. The summed E-state index contributed by atoms with van der Waals surface area (Å²) in [6, 6.07) is 0.458. The lowest BCUT2D eigenvalue weighted by atomic mass is 9.77. The van der Waals surface area contributed by atoms with Crippen LogP contribution in [0.15, 0.2) is 16.1 Å². The maximum Gasteiger partial charge on any atom is 0.0710 e. The van der Waals surface area contributed by atoms with E-state index in [0.717, 1.165) is 18.9 Å². The Bertz CT molecular complexity index is 387. The maximum atomic E-state index is 4.63. The predicted molar refractivity (Wildman–Crippen MR) is 88.5 cm³/mol. The van der Waals surface area contributed by atoms with Gasteiger partial charge in [0, 0.05) is 12.8 Å². The van der Waals surface area contributed by atoms with Gasteiger partial charge in [0.25, 0.3) is 0 Å². The van der Waals surface area contributed by atoms with E-state index in [1.165, 1.54) is 43.5 Å². The van der Waals surface area contributed by atoms with Crippen LogP contribution in [-0.4, -0.2) is 36.8 Å². The van der Waals surface area contributed by atoms with Gasteiger partial charge in [-0.15, -0.1) is 0 Å². The van der Waals surface area contributed by atoms with Crippen LogP contribution >= 0.6 is 0 Å². The number of hydrogen-bond donors (Lipinski definition) is 0. The fraction of sp³-hybridized carbons (Fsp3) is 0.833. The zero-order valence-corrected chi connectivity index (χ0v) is 14.1. The molecule has 0 radical (unpaired) electrons. The van der Waals surface area contributed by atoms with Crippen molar-refractivity contribution in [2.45, 2.75) is 66.3 Å². The van der Waals surface area contributed by atoms with E-state index in [9.17, 15) is 0 Å². The second-order valence-corrected chi connectivity index (χ2v) is 7.68. The number of hydrogen-bond acceptors (Lipinski definition) is 2. The summed E-state index contributed by atoms with van der Waals surface area (Å²) in [5.41, 5.74) is 3.45. The molecule has 0 bridgehead atoms. The Morgan fingerprint density at radius 1 is 1.25 bits per heavy atom.